The Hall–Kier alpha value is -4.50. The normalized spacial score (nSPS) is 19.3. The van der Waals surface area contributed by atoms with E-state index < -0.39 is 6.29 Å². The van der Waals surface area contributed by atoms with Crippen molar-refractivity contribution in [2.24, 2.45) is 11.7 Å². The molecular weight excluding hydrogens is 617 g/mol. The molecule has 48 heavy (non-hydrogen) atoms. The first-order valence-corrected chi connectivity index (χ1v) is 17.2. The van der Waals surface area contributed by atoms with E-state index in [4.69, 9.17) is 24.6 Å². The summed E-state index contributed by atoms with van der Waals surface area (Å²) >= 11 is 1.56. The molecule has 1 saturated heterocycles. The van der Waals surface area contributed by atoms with Gasteiger partial charge in [-0.1, -0.05) is 152 Å². The molecule has 4 atom stereocenters. The SMILES string of the molecule is C[C@@H]1[C@H](CSc2nc(-c3ccccc3)c(-c3ccccc3)o2)O[C@H](c2ccc(-c3ccccc3CN)cc2)O[C@@H]1c1ccc(CO)cc1. The number of hydrogen-bond donors (Lipinski definition) is 2. The van der Waals surface area contributed by atoms with Gasteiger partial charge in [0.15, 0.2) is 12.1 Å². The molecule has 242 valence electrons. The van der Waals surface area contributed by atoms with E-state index in [0.29, 0.717) is 17.5 Å². The Morgan fingerprint density at radius 3 is 2.04 bits per heavy atom. The number of hydrogen-bond acceptors (Lipinski definition) is 7. The van der Waals surface area contributed by atoms with E-state index in [1.807, 2.05) is 84.9 Å². The molecule has 5 aromatic carbocycles. The standard InChI is InChI=1S/C41H38N2O4S/c1-27-36(26-48-41-43-37(30-10-4-2-5-11-30)39(47-41)31-12-6-3-7-13-31)45-40(46-38(27)32-18-16-28(25-44)17-19-32)33-22-20-29(21-23-33)35-15-9-8-14-34(35)24-42/h2-23,27,36,38,40,44H,24-26,42H2,1H3/t27-,36+,38+,40+/m1/s1. The van der Waals surface area contributed by atoms with Crippen molar-refractivity contribution in [2.75, 3.05) is 5.75 Å². The third kappa shape index (κ3) is 6.88. The molecule has 0 spiro atoms. The van der Waals surface area contributed by atoms with E-state index in [-0.39, 0.29) is 24.7 Å². The summed E-state index contributed by atoms with van der Waals surface area (Å²) < 4.78 is 19.9. The van der Waals surface area contributed by atoms with E-state index in [0.717, 1.165) is 56.0 Å². The number of benzene rings is 5. The first kappa shape index (κ1) is 32.1. The van der Waals surface area contributed by atoms with Crippen molar-refractivity contribution < 1.29 is 19.0 Å². The van der Waals surface area contributed by atoms with E-state index >= 15 is 0 Å². The molecule has 0 bridgehead atoms. The largest absolute Gasteiger partial charge is 0.431 e. The first-order valence-electron chi connectivity index (χ1n) is 16.2. The van der Waals surface area contributed by atoms with Crippen molar-refractivity contribution in [1.29, 1.82) is 0 Å². The lowest BCUT2D eigenvalue weighted by atomic mass is 9.91. The van der Waals surface area contributed by atoms with Crippen molar-refractivity contribution in [3.05, 3.63) is 156 Å². The number of thioether (sulfide) groups is 1. The Balaban J connectivity index is 1.17. The van der Waals surface area contributed by atoms with Crippen molar-refractivity contribution in [1.82, 2.24) is 4.98 Å². The number of ether oxygens (including phenoxy) is 2. The Labute approximate surface area is 285 Å². The summed E-state index contributed by atoms with van der Waals surface area (Å²) in [4.78, 5) is 4.97. The van der Waals surface area contributed by atoms with Gasteiger partial charge in [-0.15, -0.1) is 0 Å². The van der Waals surface area contributed by atoms with Crippen molar-refractivity contribution >= 4 is 11.8 Å². The molecule has 6 nitrogen and oxygen atoms in total. The number of aromatic nitrogens is 1. The number of nitrogens with two attached hydrogens (primary N) is 1. The van der Waals surface area contributed by atoms with E-state index in [1.165, 1.54) is 0 Å². The highest BCUT2D eigenvalue weighted by molar-refractivity contribution is 7.99. The molecule has 7 heteroatoms. The van der Waals surface area contributed by atoms with Gasteiger partial charge >= 0.3 is 0 Å². The van der Waals surface area contributed by atoms with Gasteiger partial charge < -0.3 is 24.7 Å². The third-order valence-corrected chi connectivity index (χ3v) is 9.83. The highest BCUT2D eigenvalue weighted by atomic mass is 32.2. The van der Waals surface area contributed by atoms with Crippen LogP contribution < -0.4 is 5.73 Å². The lowest BCUT2D eigenvalue weighted by Gasteiger charge is -2.41. The van der Waals surface area contributed by atoms with Gasteiger partial charge in [0.2, 0.25) is 0 Å². The minimum absolute atomic E-state index is 0.00191. The van der Waals surface area contributed by atoms with E-state index in [1.54, 1.807) is 11.8 Å². The Morgan fingerprint density at radius 2 is 1.35 bits per heavy atom. The fourth-order valence-corrected chi connectivity index (χ4v) is 7.19. The quantitative estimate of drug-likeness (QED) is 0.142. The average Bonchev–Trinajstić information content (AvgIpc) is 3.60. The summed E-state index contributed by atoms with van der Waals surface area (Å²) in [6, 6.07) is 44.8. The molecule has 3 N–H and O–H groups in total. The molecule has 1 aromatic heterocycles. The van der Waals surface area contributed by atoms with Gasteiger partial charge in [0.05, 0.1) is 18.8 Å². The van der Waals surface area contributed by atoms with Crippen LogP contribution in [0.2, 0.25) is 0 Å². The van der Waals surface area contributed by atoms with Crippen molar-refractivity contribution in [2.45, 2.75) is 43.8 Å². The third-order valence-electron chi connectivity index (χ3n) is 8.92. The number of aliphatic hydroxyl groups excluding tert-OH is 1. The van der Waals surface area contributed by atoms with Gasteiger partial charge in [-0.2, -0.15) is 0 Å². The van der Waals surface area contributed by atoms with Crippen LogP contribution in [0.5, 0.6) is 0 Å². The van der Waals surface area contributed by atoms with Crippen LogP contribution in [0.4, 0.5) is 0 Å². The van der Waals surface area contributed by atoms with Gasteiger partial charge in [-0.3, -0.25) is 0 Å². The molecule has 1 fully saturated rings. The summed E-state index contributed by atoms with van der Waals surface area (Å²) in [6.45, 7) is 2.64. The molecule has 0 aliphatic carbocycles. The van der Waals surface area contributed by atoms with Gasteiger partial charge in [-0.25, -0.2) is 4.98 Å². The fourth-order valence-electron chi connectivity index (χ4n) is 6.20. The van der Waals surface area contributed by atoms with Crippen LogP contribution in [0.3, 0.4) is 0 Å². The zero-order valence-electron chi connectivity index (χ0n) is 26.7. The summed E-state index contributed by atoms with van der Waals surface area (Å²) in [5.74, 6) is 1.40. The number of aliphatic hydroxyl groups is 1. The Bertz CT molecular complexity index is 1870. The smallest absolute Gasteiger partial charge is 0.256 e. The Morgan fingerprint density at radius 1 is 0.708 bits per heavy atom. The fraction of sp³-hybridized carbons (Fsp3) is 0.195. The highest BCUT2D eigenvalue weighted by Gasteiger charge is 2.38. The summed E-state index contributed by atoms with van der Waals surface area (Å²) in [5.41, 5.74) is 15.0. The topological polar surface area (TPSA) is 90.7 Å². The minimum Gasteiger partial charge on any atom is -0.431 e. The zero-order chi connectivity index (χ0) is 32.9. The van der Waals surface area contributed by atoms with Crippen LogP contribution in [-0.4, -0.2) is 21.9 Å². The molecule has 1 aliphatic heterocycles. The van der Waals surface area contributed by atoms with Gasteiger partial charge in [0, 0.05) is 34.9 Å². The molecule has 1 aliphatic rings. The summed E-state index contributed by atoms with van der Waals surface area (Å²) in [5, 5.41) is 10.2. The second-order valence-corrected chi connectivity index (χ2v) is 13.0. The lowest BCUT2D eigenvalue weighted by molar-refractivity contribution is -0.268. The molecule has 0 unspecified atom stereocenters. The van der Waals surface area contributed by atoms with Crippen molar-refractivity contribution in [3.8, 4) is 33.7 Å². The van der Waals surface area contributed by atoms with Crippen LogP contribution in [0.1, 0.15) is 41.6 Å². The summed E-state index contributed by atoms with van der Waals surface area (Å²) in [6.07, 6.45) is -0.956. The maximum atomic E-state index is 9.63. The second-order valence-electron chi connectivity index (χ2n) is 12.0. The maximum Gasteiger partial charge on any atom is 0.256 e. The summed E-state index contributed by atoms with van der Waals surface area (Å²) in [7, 11) is 0. The van der Waals surface area contributed by atoms with Gasteiger partial charge in [-0.05, 0) is 27.8 Å². The van der Waals surface area contributed by atoms with Gasteiger partial charge in [0.25, 0.3) is 5.22 Å². The zero-order valence-corrected chi connectivity index (χ0v) is 27.6. The molecular formula is C41H38N2O4S. The van der Waals surface area contributed by atoms with Crippen LogP contribution in [0.25, 0.3) is 33.7 Å². The molecule has 0 amide bonds. The van der Waals surface area contributed by atoms with Crippen molar-refractivity contribution in [3.63, 3.8) is 0 Å². The lowest BCUT2D eigenvalue weighted by Crippen LogP contribution is -2.38. The molecule has 6 aromatic rings. The first-order chi connectivity index (χ1) is 23.6. The van der Waals surface area contributed by atoms with Crippen LogP contribution in [0.15, 0.2) is 143 Å². The molecule has 0 radical (unpaired) electrons. The number of oxazole rings is 1. The maximum absolute atomic E-state index is 9.63. The van der Waals surface area contributed by atoms with Crippen LogP contribution >= 0.6 is 11.8 Å². The minimum atomic E-state index is -0.572. The Kier molecular flexibility index (Phi) is 9.84. The molecule has 0 saturated carbocycles. The predicted octanol–water partition coefficient (Wildman–Crippen LogP) is 9.21. The van der Waals surface area contributed by atoms with Gasteiger partial charge in [0.1, 0.15) is 5.69 Å². The van der Waals surface area contributed by atoms with Crippen LogP contribution in [0, 0.1) is 5.92 Å². The molecule has 2 heterocycles. The van der Waals surface area contributed by atoms with E-state index in [9.17, 15) is 5.11 Å². The number of nitrogens with zero attached hydrogens (tertiary/aromatic N) is 1. The number of rotatable bonds is 10. The van der Waals surface area contributed by atoms with E-state index in [2.05, 4.69) is 55.5 Å². The highest BCUT2D eigenvalue weighted by Crippen LogP contribution is 2.44. The van der Waals surface area contributed by atoms with Crippen LogP contribution in [-0.2, 0) is 22.6 Å². The predicted molar refractivity (Wildman–Crippen MR) is 191 cm³/mol. The monoisotopic (exact) mass is 654 g/mol. The molecule has 7 rings (SSSR count). The average molecular weight is 655 g/mol. The second kappa shape index (κ2) is 14.7.